The van der Waals surface area contributed by atoms with Gasteiger partial charge in [0.2, 0.25) is 5.69 Å². The van der Waals surface area contributed by atoms with E-state index >= 15 is 0 Å². The molecule has 0 atom stereocenters. The molecule has 5 heteroatoms. The Kier molecular flexibility index (Phi) is 8.92. The highest BCUT2D eigenvalue weighted by Crippen LogP contribution is 2.51. The van der Waals surface area contributed by atoms with Crippen LogP contribution < -0.4 is 4.90 Å². The molecule has 2 heterocycles. The van der Waals surface area contributed by atoms with Gasteiger partial charge in [-0.1, -0.05) is 102 Å². The van der Waals surface area contributed by atoms with E-state index in [-0.39, 0.29) is 10.8 Å². The van der Waals surface area contributed by atoms with Crippen molar-refractivity contribution in [1.82, 2.24) is 0 Å². The predicted octanol–water partition coefficient (Wildman–Crippen LogP) is 13.2. The molecule has 0 unspecified atom stereocenters. The molecule has 0 saturated carbocycles. The van der Waals surface area contributed by atoms with Crippen LogP contribution >= 0.6 is 43.5 Å². The van der Waals surface area contributed by atoms with E-state index in [0.29, 0.717) is 0 Å². The van der Waals surface area contributed by atoms with Crippen molar-refractivity contribution >= 4 is 82.1 Å². The normalized spacial score (nSPS) is 20.1. The summed E-state index contributed by atoms with van der Waals surface area (Å²) in [6.45, 7) is 16.0. The Hall–Kier alpha value is -2.92. The van der Waals surface area contributed by atoms with Crippen LogP contribution in [0.2, 0.25) is 0 Å². The van der Waals surface area contributed by atoms with Gasteiger partial charge in [-0.15, -0.1) is 0 Å². The maximum atomic E-state index is 7.20. The third-order valence-electron chi connectivity index (χ3n) is 10.6. The van der Waals surface area contributed by atoms with Crippen molar-refractivity contribution in [3.63, 3.8) is 0 Å². The number of anilines is 1. The summed E-state index contributed by atoms with van der Waals surface area (Å²) in [6, 6.07) is 22.5. The van der Waals surface area contributed by atoms with Crippen molar-refractivity contribution in [2.24, 2.45) is 0 Å². The first kappa shape index (κ1) is 33.6. The molecule has 2 nitrogen and oxygen atoms in total. The van der Waals surface area contributed by atoms with Crippen molar-refractivity contribution in [1.29, 1.82) is 0 Å². The molecule has 4 aromatic carbocycles. The van der Waals surface area contributed by atoms with Gasteiger partial charge in [-0.05, 0) is 114 Å². The molecule has 0 spiro atoms. The summed E-state index contributed by atoms with van der Waals surface area (Å²) in [4.78, 5) is 2.53. The van der Waals surface area contributed by atoms with Crippen molar-refractivity contribution in [2.45, 2.75) is 78.1 Å². The van der Waals surface area contributed by atoms with Crippen LogP contribution in [0.25, 0.3) is 21.5 Å². The van der Waals surface area contributed by atoms with Crippen LogP contribution in [0.5, 0.6) is 0 Å². The number of hydrogen-bond acceptors (Lipinski definition) is 1. The van der Waals surface area contributed by atoms with Gasteiger partial charge < -0.3 is 4.90 Å². The lowest BCUT2D eigenvalue weighted by Crippen LogP contribution is -2.28. The monoisotopic (exact) mass is 781 g/mol. The number of benzene rings is 4. The van der Waals surface area contributed by atoms with Crippen LogP contribution in [0, 0.1) is 0 Å². The lowest BCUT2D eigenvalue weighted by molar-refractivity contribution is -0.437. The third kappa shape index (κ3) is 5.47. The summed E-state index contributed by atoms with van der Waals surface area (Å²) in [5.41, 5.74) is 10.3. The first-order valence-corrected chi connectivity index (χ1v) is 19.3. The molecule has 7 rings (SSSR count). The van der Waals surface area contributed by atoms with Gasteiger partial charge in [0, 0.05) is 61.4 Å². The highest BCUT2D eigenvalue weighted by atomic mass is 79.9. The van der Waals surface area contributed by atoms with Gasteiger partial charge in [0.05, 0.1) is 5.41 Å². The van der Waals surface area contributed by atoms with Crippen molar-refractivity contribution in [3.05, 3.63) is 127 Å². The van der Waals surface area contributed by atoms with E-state index in [1.54, 1.807) is 0 Å². The average Bonchev–Trinajstić information content (AvgIpc) is 3.58. The summed E-state index contributed by atoms with van der Waals surface area (Å²) in [5.74, 6) is 0. The van der Waals surface area contributed by atoms with E-state index in [1.807, 2.05) is 0 Å². The van der Waals surface area contributed by atoms with Gasteiger partial charge in [-0.25, -0.2) is 0 Å². The summed E-state index contributed by atoms with van der Waals surface area (Å²) in [7, 11) is 0. The SMILES string of the molecule is CCCN1/C(=C/C=C2\CCC(/C=C/C3=[N+](CCC)c4ccc5cc(Br)ccc5c4C3(C)C)=C2Cl)C(C)(C)c2c1ccc1cc(Br)ccc21. The summed E-state index contributed by atoms with van der Waals surface area (Å²) in [5, 5.41) is 6.11. The molecule has 2 aliphatic heterocycles. The van der Waals surface area contributed by atoms with Gasteiger partial charge in [-0.3, -0.25) is 0 Å². The highest BCUT2D eigenvalue weighted by Gasteiger charge is 2.45. The molecule has 4 aromatic rings. The Bertz CT molecular complexity index is 2140. The molecule has 246 valence electrons. The summed E-state index contributed by atoms with van der Waals surface area (Å²) < 4.78 is 4.76. The molecule has 0 N–H and O–H groups in total. The molecule has 0 radical (unpaired) electrons. The Balaban J connectivity index is 1.24. The molecular weight excluding hydrogens is 740 g/mol. The minimum absolute atomic E-state index is 0.130. The van der Waals surface area contributed by atoms with Crippen molar-refractivity contribution in [2.75, 3.05) is 18.0 Å². The van der Waals surface area contributed by atoms with E-state index in [0.717, 1.165) is 52.8 Å². The topological polar surface area (TPSA) is 6.25 Å². The van der Waals surface area contributed by atoms with Gasteiger partial charge in [0.1, 0.15) is 6.54 Å². The number of halogens is 3. The highest BCUT2D eigenvalue weighted by molar-refractivity contribution is 9.10. The number of fused-ring (bicyclic) bond motifs is 6. The van der Waals surface area contributed by atoms with Crippen LogP contribution in [0.4, 0.5) is 11.4 Å². The lowest BCUT2D eigenvalue weighted by atomic mass is 9.79. The molecule has 0 fully saturated rings. The Morgan fingerprint density at radius 2 is 1.44 bits per heavy atom. The second-order valence-electron chi connectivity index (χ2n) is 14.5. The van der Waals surface area contributed by atoms with E-state index in [1.165, 1.54) is 66.6 Å². The first-order valence-electron chi connectivity index (χ1n) is 17.3. The average molecular weight is 784 g/mol. The van der Waals surface area contributed by atoms with Gasteiger partial charge >= 0.3 is 0 Å². The maximum Gasteiger partial charge on any atom is 0.210 e. The summed E-state index contributed by atoms with van der Waals surface area (Å²) in [6.07, 6.45) is 13.4. The minimum atomic E-state index is -0.130. The fourth-order valence-corrected chi connectivity index (χ4v) is 9.50. The number of allylic oxidation sites excluding steroid dienone is 8. The minimum Gasteiger partial charge on any atom is -0.344 e. The van der Waals surface area contributed by atoms with Crippen LogP contribution in [0.3, 0.4) is 0 Å². The van der Waals surface area contributed by atoms with E-state index in [9.17, 15) is 0 Å². The number of rotatable bonds is 7. The Morgan fingerprint density at radius 1 is 0.771 bits per heavy atom. The zero-order valence-corrected chi connectivity index (χ0v) is 32.8. The van der Waals surface area contributed by atoms with Gasteiger partial charge in [0.25, 0.3) is 0 Å². The van der Waals surface area contributed by atoms with Crippen LogP contribution in [-0.4, -0.2) is 23.4 Å². The van der Waals surface area contributed by atoms with E-state index in [2.05, 4.69) is 168 Å². The van der Waals surface area contributed by atoms with Gasteiger partial charge in [-0.2, -0.15) is 4.58 Å². The van der Waals surface area contributed by atoms with Crippen molar-refractivity contribution < 1.29 is 4.58 Å². The second kappa shape index (κ2) is 12.8. The molecule has 48 heavy (non-hydrogen) atoms. The zero-order valence-electron chi connectivity index (χ0n) is 28.9. The van der Waals surface area contributed by atoms with E-state index < -0.39 is 0 Å². The lowest BCUT2D eigenvalue weighted by Gasteiger charge is -2.27. The van der Waals surface area contributed by atoms with Gasteiger partial charge in [0.15, 0.2) is 5.71 Å². The molecule has 0 aromatic heterocycles. The summed E-state index contributed by atoms with van der Waals surface area (Å²) >= 11 is 14.5. The van der Waals surface area contributed by atoms with Crippen LogP contribution in [0.1, 0.15) is 78.4 Å². The second-order valence-corrected chi connectivity index (χ2v) is 16.7. The fraction of sp³-hybridized carbons (Fsp3) is 0.326. The van der Waals surface area contributed by atoms with E-state index in [4.69, 9.17) is 11.6 Å². The molecule has 0 amide bonds. The Morgan fingerprint density at radius 3 is 2.10 bits per heavy atom. The van der Waals surface area contributed by atoms with Crippen LogP contribution in [0.15, 0.2) is 116 Å². The smallest absolute Gasteiger partial charge is 0.210 e. The third-order valence-corrected chi connectivity index (χ3v) is 12.1. The number of nitrogens with zero attached hydrogens (tertiary/aromatic N) is 2. The van der Waals surface area contributed by atoms with Crippen LogP contribution in [-0.2, 0) is 10.8 Å². The largest absolute Gasteiger partial charge is 0.344 e. The standard InChI is InChI=1S/C43H44Br2ClN2/c1-7-23-47-35-19-11-29-25-31(44)15-17-33(29)39(35)42(3,4)37(47)21-13-27-9-10-28(41(27)46)14-22-38-43(5,6)40-34-18-16-32(45)26-30(34)12-20-36(40)48(38)24-8-2/h11-22,25-26H,7-10,23-24H2,1-6H3/q+1. The first-order chi connectivity index (χ1) is 23.0. The maximum absolute atomic E-state index is 7.20. The zero-order chi connectivity index (χ0) is 34.0. The Labute approximate surface area is 307 Å². The molecular formula is C43H44Br2ClN2+. The fourth-order valence-electron chi connectivity index (χ4n) is 8.43. The quantitative estimate of drug-likeness (QED) is 0.169. The molecule has 0 saturated heterocycles. The van der Waals surface area contributed by atoms with Crippen molar-refractivity contribution in [3.8, 4) is 0 Å². The molecule has 3 aliphatic rings. The number of hydrogen-bond donors (Lipinski definition) is 0. The molecule has 0 bridgehead atoms. The predicted molar refractivity (Wildman–Crippen MR) is 214 cm³/mol. The molecule has 1 aliphatic carbocycles.